The van der Waals surface area contributed by atoms with Crippen LogP contribution >= 0.6 is 0 Å². The molecular formula is C16H15N3O2. The number of hydrogen-bond acceptors (Lipinski definition) is 3. The third-order valence-electron chi connectivity index (χ3n) is 3.63. The molecule has 3 rings (SSSR count). The number of carbonyl (C=O) groups excluding carboxylic acids is 2. The highest BCUT2D eigenvalue weighted by Gasteiger charge is 2.33. The molecule has 0 unspecified atom stereocenters. The highest BCUT2D eigenvalue weighted by Crippen LogP contribution is 2.24. The number of nitrogens with zero attached hydrogens (tertiary/aromatic N) is 2. The molecule has 2 aromatic rings. The Morgan fingerprint density at radius 2 is 2.10 bits per heavy atom. The number of fused-ring (bicyclic) bond motifs is 1. The highest BCUT2D eigenvalue weighted by molar-refractivity contribution is 6.03. The molecule has 21 heavy (non-hydrogen) atoms. The third kappa shape index (κ3) is 2.50. The monoisotopic (exact) mass is 281 g/mol. The van der Waals surface area contributed by atoms with E-state index in [2.05, 4.69) is 10.3 Å². The van der Waals surface area contributed by atoms with Crippen molar-refractivity contribution in [3.63, 3.8) is 0 Å². The fourth-order valence-electron chi connectivity index (χ4n) is 2.41. The zero-order valence-corrected chi connectivity index (χ0v) is 11.6. The standard InChI is InChI=1S/C16H15N3O2/c1-11(15(20)18-13-6-4-8-17-9-13)19-10-12-5-2-3-7-14(12)16(19)21/h2-9,11H,10H2,1H3,(H,18,20)/t11-/m0/s1. The van der Waals surface area contributed by atoms with Crippen molar-refractivity contribution in [2.24, 2.45) is 0 Å². The molecule has 0 saturated carbocycles. The van der Waals surface area contributed by atoms with Gasteiger partial charge in [0, 0.05) is 18.3 Å². The molecule has 5 heteroatoms. The minimum absolute atomic E-state index is 0.0977. The topological polar surface area (TPSA) is 62.3 Å². The first-order chi connectivity index (χ1) is 10.2. The fraction of sp³-hybridized carbons (Fsp3) is 0.188. The maximum Gasteiger partial charge on any atom is 0.255 e. The predicted octanol–water partition coefficient (Wildman–Crippen LogP) is 2.06. The zero-order valence-electron chi connectivity index (χ0n) is 11.6. The summed E-state index contributed by atoms with van der Waals surface area (Å²) in [4.78, 5) is 30.1. The van der Waals surface area contributed by atoms with Gasteiger partial charge in [0.25, 0.3) is 5.91 Å². The van der Waals surface area contributed by atoms with Gasteiger partial charge in [-0.3, -0.25) is 14.6 Å². The Morgan fingerprint density at radius 3 is 2.81 bits per heavy atom. The van der Waals surface area contributed by atoms with Crippen LogP contribution in [-0.4, -0.2) is 27.7 Å². The van der Waals surface area contributed by atoms with Gasteiger partial charge in [0.15, 0.2) is 0 Å². The quantitative estimate of drug-likeness (QED) is 0.936. The van der Waals surface area contributed by atoms with Crippen LogP contribution in [0.3, 0.4) is 0 Å². The summed E-state index contributed by atoms with van der Waals surface area (Å²) < 4.78 is 0. The van der Waals surface area contributed by atoms with Crippen molar-refractivity contribution in [3.8, 4) is 0 Å². The first-order valence-electron chi connectivity index (χ1n) is 6.76. The van der Waals surface area contributed by atoms with Crippen LogP contribution in [0.5, 0.6) is 0 Å². The predicted molar refractivity (Wildman–Crippen MR) is 78.6 cm³/mol. The van der Waals surface area contributed by atoms with Crippen molar-refractivity contribution in [1.29, 1.82) is 0 Å². The number of hydrogen-bond donors (Lipinski definition) is 1. The highest BCUT2D eigenvalue weighted by atomic mass is 16.2. The lowest BCUT2D eigenvalue weighted by Crippen LogP contribution is -2.42. The van der Waals surface area contributed by atoms with E-state index in [0.717, 1.165) is 5.56 Å². The van der Waals surface area contributed by atoms with Crippen LogP contribution in [0.2, 0.25) is 0 Å². The van der Waals surface area contributed by atoms with Gasteiger partial charge in [-0.25, -0.2) is 0 Å². The normalized spacial score (nSPS) is 14.7. The van der Waals surface area contributed by atoms with Crippen molar-refractivity contribution >= 4 is 17.5 Å². The molecule has 1 aliphatic heterocycles. The van der Waals surface area contributed by atoms with Gasteiger partial charge in [-0.1, -0.05) is 18.2 Å². The van der Waals surface area contributed by atoms with E-state index in [1.165, 1.54) is 0 Å². The van der Waals surface area contributed by atoms with Gasteiger partial charge in [-0.2, -0.15) is 0 Å². The van der Waals surface area contributed by atoms with E-state index in [-0.39, 0.29) is 11.8 Å². The molecule has 0 bridgehead atoms. The van der Waals surface area contributed by atoms with Crippen molar-refractivity contribution in [1.82, 2.24) is 9.88 Å². The zero-order chi connectivity index (χ0) is 14.8. The minimum atomic E-state index is -0.537. The number of amides is 2. The van der Waals surface area contributed by atoms with E-state index in [1.54, 1.807) is 42.4 Å². The lowest BCUT2D eigenvalue weighted by atomic mass is 10.1. The SMILES string of the molecule is C[C@@H](C(=O)Nc1cccnc1)N1Cc2ccccc2C1=O. The Labute approximate surface area is 122 Å². The lowest BCUT2D eigenvalue weighted by molar-refractivity contribution is -0.120. The van der Waals surface area contributed by atoms with Crippen LogP contribution in [0, 0.1) is 0 Å². The molecule has 1 N–H and O–H groups in total. The van der Waals surface area contributed by atoms with E-state index in [4.69, 9.17) is 0 Å². The largest absolute Gasteiger partial charge is 0.323 e. The Hall–Kier alpha value is -2.69. The van der Waals surface area contributed by atoms with Crippen molar-refractivity contribution in [2.45, 2.75) is 19.5 Å². The Balaban J connectivity index is 1.73. The molecule has 0 saturated heterocycles. The number of benzene rings is 1. The molecule has 0 spiro atoms. The molecular weight excluding hydrogens is 266 g/mol. The Bertz CT molecular complexity index is 685. The number of aromatic nitrogens is 1. The van der Waals surface area contributed by atoms with Crippen LogP contribution in [0.25, 0.3) is 0 Å². The van der Waals surface area contributed by atoms with Gasteiger partial charge in [0.1, 0.15) is 6.04 Å². The van der Waals surface area contributed by atoms with E-state index < -0.39 is 6.04 Å². The molecule has 1 aliphatic rings. The second kappa shape index (κ2) is 5.36. The fourth-order valence-corrected chi connectivity index (χ4v) is 2.41. The minimum Gasteiger partial charge on any atom is -0.323 e. The summed E-state index contributed by atoms with van der Waals surface area (Å²) in [5, 5.41) is 2.77. The molecule has 5 nitrogen and oxygen atoms in total. The van der Waals surface area contributed by atoms with E-state index in [1.807, 2.05) is 18.2 Å². The number of carbonyl (C=O) groups is 2. The average Bonchev–Trinajstić information content (AvgIpc) is 2.85. The van der Waals surface area contributed by atoms with Crippen LogP contribution < -0.4 is 5.32 Å². The van der Waals surface area contributed by atoms with Crippen molar-refractivity contribution in [2.75, 3.05) is 5.32 Å². The molecule has 0 radical (unpaired) electrons. The summed E-state index contributed by atoms with van der Waals surface area (Å²) in [5.74, 6) is -0.316. The summed E-state index contributed by atoms with van der Waals surface area (Å²) in [5.41, 5.74) is 2.26. The number of pyridine rings is 1. The Kier molecular flexibility index (Phi) is 3.39. The van der Waals surface area contributed by atoms with Gasteiger partial charge in [-0.15, -0.1) is 0 Å². The van der Waals surface area contributed by atoms with Crippen LogP contribution in [0.4, 0.5) is 5.69 Å². The van der Waals surface area contributed by atoms with Crippen LogP contribution in [0.1, 0.15) is 22.8 Å². The molecule has 1 aromatic heterocycles. The van der Waals surface area contributed by atoms with Crippen LogP contribution in [0.15, 0.2) is 48.8 Å². The van der Waals surface area contributed by atoms with E-state index in [0.29, 0.717) is 17.8 Å². The third-order valence-corrected chi connectivity index (χ3v) is 3.63. The van der Waals surface area contributed by atoms with Gasteiger partial charge in [0.05, 0.1) is 11.9 Å². The molecule has 0 aliphatic carbocycles. The summed E-state index contributed by atoms with van der Waals surface area (Å²) in [7, 11) is 0. The summed E-state index contributed by atoms with van der Waals surface area (Å²) in [6, 6.07) is 10.4. The molecule has 0 fully saturated rings. The summed E-state index contributed by atoms with van der Waals surface area (Å²) >= 11 is 0. The van der Waals surface area contributed by atoms with Crippen molar-refractivity contribution in [3.05, 3.63) is 59.9 Å². The molecule has 106 valence electrons. The number of nitrogens with one attached hydrogen (secondary N) is 1. The molecule has 2 heterocycles. The summed E-state index contributed by atoms with van der Waals surface area (Å²) in [6.07, 6.45) is 3.21. The molecule has 2 amide bonds. The summed E-state index contributed by atoms with van der Waals surface area (Å²) in [6.45, 7) is 2.20. The van der Waals surface area contributed by atoms with Gasteiger partial charge in [-0.05, 0) is 30.7 Å². The Morgan fingerprint density at radius 1 is 1.29 bits per heavy atom. The molecule has 1 atom stereocenters. The van der Waals surface area contributed by atoms with Crippen molar-refractivity contribution < 1.29 is 9.59 Å². The maximum absolute atomic E-state index is 12.3. The smallest absolute Gasteiger partial charge is 0.255 e. The second-order valence-electron chi connectivity index (χ2n) is 5.00. The van der Waals surface area contributed by atoms with Gasteiger partial charge >= 0.3 is 0 Å². The maximum atomic E-state index is 12.3. The number of anilines is 1. The lowest BCUT2D eigenvalue weighted by Gasteiger charge is -2.23. The van der Waals surface area contributed by atoms with Gasteiger partial charge in [0.2, 0.25) is 5.91 Å². The van der Waals surface area contributed by atoms with Crippen LogP contribution in [-0.2, 0) is 11.3 Å². The number of rotatable bonds is 3. The van der Waals surface area contributed by atoms with E-state index in [9.17, 15) is 9.59 Å². The first-order valence-corrected chi connectivity index (χ1v) is 6.76. The first kappa shape index (κ1) is 13.3. The average molecular weight is 281 g/mol. The van der Waals surface area contributed by atoms with Gasteiger partial charge < -0.3 is 10.2 Å². The molecule has 1 aromatic carbocycles. The van der Waals surface area contributed by atoms with E-state index >= 15 is 0 Å². The second-order valence-corrected chi connectivity index (χ2v) is 5.00.